The van der Waals surface area contributed by atoms with Gasteiger partial charge in [-0.15, -0.1) is 0 Å². The van der Waals surface area contributed by atoms with Crippen molar-refractivity contribution < 1.29 is 4.79 Å². The molecule has 0 spiro atoms. The van der Waals surface area contributed by atoms with Crippen molar-refractivity contribution in [3.63, 3.8) is 0 Å². The molecule has 26 heavy (non-hydrogen) atoms. The molecule has 0 unspecified atom stereocenters. The SMILES string of the molecule is Cn1c(=O)/c(=C/c2cccc(C(N)=O)c2)[nH]c(=O)/c1=C/c1ccccc1. The van der Waals surface area contributed by atoms with Gasteiger partial charge < -0.3 is 15.3 Å². The summed E-state index contributed by atoms with van der Waals surface area (Å²) in [5.41, 5.74) is 6.27. The molecule has 0 radical (unpaired) electrons. The third-order valence-electron chi connectivity index (χ3n) is 3.96. The van der Waals surface area contributed by atoms with Gasteiger partial charge in [0.05, 0.1) is 0 Å². The minimum Gasteiger partial charge on any atom is -0.366 e. The molecule has 1 amide bonds. The van der Waals surface area contributed by atoms with Crippen molar-refractivity contribution in [1.82, 2.24) is 9.55 Å². The van der Waals surface area contributed by atoms with Crippen LogP contribution in [0.5, 0.6) is 0 Å². The van der Waals surface area contributed by atoms with Crippen molar-refractivity contribution in [2.24, 2.45) is 12.8 Å². The number of carbonyl (C=O) groups excluding carboxylic acids is 1. The predicted molar refractivity (Wildman–Crippen MR) is 100 cm³/mol. The van der Waals surface area contributed by atoms with E-state index in [9.17, 15) is 14.4 Å². The number of nitrogens with two attached hydrogens (primary N) is 1. The first-order chi connectivity index (χ1) is 12.5. The first-order valence-electron chi connectivity index (χ1n) is 7.93. The smallest absolute Gasteiger partial charge is 0.274 e. The van der Waals surface area contributed by atoms with Crippen LogP contribution in [-0.2, 0) is 7.05 Å². The molecule has 0 saturated heterocycles. The normalized spacial score (nSPS) is 12.3. The highest BCUT2D eigenvalue weighted by Crippen LogP contribution is 2.04. The van der Waals surface area contributed by atoms with Gasteiger partial charge in [-0.05, 0) is 35.4 Å². The Balaban J connectivity index is 2.19. The number of hydrogen-bond acceptors (Lipinski definition) is 3. The molecule has 3 aromatic rings. The van der Waals surface area contributed by atoms with Crippen LogP contribution < -0.4 is 27.6 Å². The molecule has 0 aliphatic carbocycles. The summed E-state index contributed by atoms with van der Waals surface area (Å²) in [7, 11) is 1.55. The molecule has 1 aromatic heterocycles. The average Bonchev–Trinajstić information content (AvgIpc) is 2.64. The van der Waals surface area contributed by atoms with Gasteiger partial charge in [-0.1, -0.05) is 42.5 Å². The van der Waals surface area contributed by atoms with Gasteiger partial charge in [0.15, 0.2) is 0 Å². The number of amides is 1. The number of hydrogen-bond donors (Lipinski definition) is 2. The second-order valence-electron chi connectivity index (χ2n) is 5.81. The summed E-state index contributed by atoms with van der Waals surface area (Å²) in [6, 6.07) is 15.8. The largest absolute Gasteiger partial charge is 0.366 e. The summed E-state index contributed by atoms with van der Waals surface area (Å²) in [6.45, 7) is 0. The van der Waals surface area contributed by atoms with Crippen LogP contribution in [0.1, 0.15) is 21.5 Å². The number of carbonyl (C=O) groups is 1. The summed E-state index contributed by atoms with van der Waals surface area (Å²) in [4.78, 5) is 38.9. The third kappa shape index (κ3) is 3.54. The summed E-state index contributed by atoms with van der Waals surface area (Å²) in [5, 5.41) is 0.383. The van der Waals surface area contributed by atoms with E-state index in [1.54, 1.807) is 37.4 Å². The molecule has 0 bridgehead atoms. The standard InChI is InChI=1S/C20H17N3O3/c1-23-17(12-13-6-3-2-4-7-13)19(25)22-16(20(23)26)11-14-8-5-9-15(10-14)18(21)24/h2-12H,1H3,(H2,21,24)(H,22,25)/b16-11-,17-12-. The molecular formula is C20H17N3O3. The highest BCUT2D eigenvalue weighted by molar-refractivity contribution is 5.93. The van der Waals surface area contributed by atoms with Gasteiger partial charge in [0.25, 0.3) is 11.1 Å². The molecule has 1 heterocycles. The molecule has 0 aliphatic heterocycles. The summed E-state index contributed by atoms with van der Waals surface area (Å²) in [5.74, 6) is -0.561. The number of nitrogens with zero attached hydrogens (tertiary/aromatic N) is 1. The number of aromatic nitrogens is 2. The summed E-state index contributed by atoms with van der Waals surface area (Å²) in [6.07, 6.45) is 3.17. The second-order valence-corrected chi connectivity index (χ2v) is 5.81. The monoisotopic (exact) mass is 347 g/mol. The van der Waals surface area contributed by atoms with Crippen LogP contribution in [0.2, 0.25) is 0 Å². The number of primary amides is 1. The Morgan fingerprint density at radius 2 is 1.69 bits per heavy atom. The topological polar surface area (TPSA) is 97.9 Å². The van der Waals surface area contributed by atoms with Crippen molar-refractivity contribution in [3.8, 4) is 0 Å². The number of benzene rings is 2. The van der Waals surface area contributed by atoms with E-state index in [0.717, 1.165) is 5.56 Å². The van der Waals surface area contributed by atoms with Gasteiger partial charge >= 0.3 is 0 Å². The van der Waals surface area contributed by atoms with Gasteiger partial charge in [0.1, 0.15) is 10.7 Å². The molecule has 0 aliphatic rings. The van der Waals surface area contributed by atoms with Crippen molar-refractivity contribution in [3.05, 3.63) is 103 Å². The molecule has 0 saturated carbocycles. The fourth-order valence-corrected chi connectivity index (χ4v) is 2.60. The number of rotatable bonds is 3. The lowest BCUT2D eigenvalue weighted by molar-refractivity contribution is 0.100. The first kappa shape index (κ1) is 17.2. The Labute approximate surface area is 148 Å². The third-order valence-corrected chi connectivity index (χ3v) is 3.96. The quantitative estimate of drug-likeness (QED) is 0.688. The van der Waals surface area contributed by atoms with E-state index < -0.39 is 5.91 Å². The van der Waals surface area contributed by atoms with E-state index in [0.29, 0.717) is 11.1 Å². The molecule has 3 rings (SSSR count). The van der Waals surface area contributed by atoms with Crippen LogP contribution in [0.25, 0.3) is 12.2 Å². The molecule has 0 atom stereocenters. The Kier molecular flexibility index (Phi) is 4.66. The van der Waals surface area contributed by atoms with Gasteiger partial charge in [0, 0.05) is 12.6 Å². The molecule has 6 nitrogen and oxygen atoms in total. The van der Waals surface area contributed by atoms with Crippen LogP contribution >= 0.6 is 0 Å². The van der Waals surface area contributed by atoms with E-state index in [1.165, 1.54) is 10.6 Å². The lowest BCUT2D eigenvalue weighted by Crippen LogP contribution is -2.52. The zero-order chi connectivity index (χ0) is 18.7. The molecule has 2 aromatic carbocycles. The van der Waals surface area contributed by atoms with E-state index in [2.05, 4.69) is 4.98 Å². The summed E-state index contributed by atoms with van der Waals surface area (Å²) >= 11 is 0. The highest BCUT2D eigenvalue weighted by atomic mass is 16.1. The van der Waals surface area contributed by atoms with Gasteiger partial charge in [-0.25, -0.2) is 0 Å². The maximum Gasteiger partial charge on any atom is 0.274 e. The van der Waals surface area contributed by atoms with E-state index in [-0.39, 0.29) is 21.8 Å². The Morgan fingerprint density at radius 1 is 1.00 bits per heavy atom. The summed E-state index contributed by atoms with van der Waals surface area (Å²) < 4.78 is 1.30. The van der Waals surface area contributed by atoms with E-state index in [1.807, 2.05) is 30.3 Å². The first-order valence-corrected chi connectivity index (χ1v) is 7.93. The lowest BCUT2D eigenvalue weighted by atomic mass is 10.1. The average molecular weight is 347 g/mol. The molecule has 6 heteroatoms. The van der Waals surface area contributed by atoms with Crippen LogP contribution in [0, 0.1) is 0 Å². The van der Waals surface area contributed by atoms with Crippen LogP contribution in [0.15, 0.2) is 64.2 Å². The van der Waals surface area contributed by atoms with E-state index >= 15 is 0 Å². The van der Waals surface area contributed by atoms with Crippen molar-refractivity contribution in [2.75, 3.05) is 0 Å². The molecule has 0 fully saturated rings. The fourth-order valence-electron chi connectivity index (χ4n) is 2.60. The molecular weight excluding hydrogens is 330 g/mol. The predicted octanol–water partition coefficient (Wildman–Crippen LogP) is -0.170. The Hall–Kier alpha value is -3.67. The Bertz CT molecular complexity index is 1210. The van der Waals surface area contributed by atoms with Gasteiger partial charge in [-0.2, -0.15) is 0 Å². The highest BCUT2D eigenvalue weighted by Gasteiger charge is 2.03. The zero-order valence-corrected chi connectivity index (χ0v) is 14.1. The van der Waals surface area contributed by atoms with Crippen molar-refractivity contribution >= 4 is 18.1 Å². The maximum atomic E-state index is 12.6. The number of aromatic amines is 1. The lowest BCUT2D eigenvalue weighted by Gasteiger charge is -2.01. The van der Waals surface area contributed by atoms with E-state index in [4.69, 9.17) is 5.73 Å². The fraction of sp³-hybridized carbons (Fsp3) is 0.0500. The van der Waals surface area contributed by atoms with Crippen LogP contribution in [0.4, 0.5) is 0 Å². The maximum absolute atomic E-state index is 12.6. The molecule has 3 N–H and O–H groups in total. The van der Waals surface area contributed by atoms with Crippen molar-refractivity contribution in [1.29, 1.82) is 0 Å². The number of nitrogens with one attached hydrogen (secondary N) is 1. The second kappa shape index (κ2) is 7.06. The van der Waals surface area contributed by atoms with Crippen LogP contribution in [0.3, 0.4) is 0 Å². The Morgan fingerprint density at radius 3 is 2.38 bits per heavy atom. The van der Waals surface area contributed by atoms with Gasteiger partial charge in [0.2, 0.25) is 5.91 Å². The van der Waals surface area contributed by atoms with Crippen LogP contribution in [-0.4, -0.2) is 15.5 Å². The van der Waals surface area contributed by atoms with Crippen molar-refractivity contribution in [2.45, 2.75) is 0 Å². The minimum absolute atomic E-state index is 0.129. The zero-order valence-electron chi connectivity index (χ0n) is 14.1. The van der Waals surface area contributed by atoms with Gasteiger partial charge in [-0.3, -0.25) is 14.4 Å². The molecule has 130 valence electrons. The number of H-pyrrole nitrogens is 1. The minimum atomic E-state index is -0.561.